The lowest BCUT2D eigenvalue weighted by atomic mass is 10.0. The second-order valence-corrected chi connectivity index (χ2v) is 7.43. The number of nitrogens with zero attached hydrogens (tertiary/aromatic N) is 1. The SMILES string of the molecule is CC(=O)C1CCCCN1S(=O)(=O)c1c(C)cc(F)cc1C. The van der Waals surface area contributed by atoms with Gasteiger partial charge in [-0.25, -0.2) is 12.8 Å². The molecule has 6 heteroatoms. The lowest BCUT2D eigenvalue weighted by molar-refractivity contribution is -0.121. The number of benzene rings is 1. The van der Waals surface area contributed by atoms with Crippen molar-refractivity contribution in [1.82, 2.24) is 4.31 Å². The number of Topliss-reactive ketones (excluding diaryl/α,β-unsaturated/α-hetero) is 1. The van der Waals surface area contributed by atoms with Crippen LogP contribution in [0.3, 0.4) is 0 Å². The van der Waals surface area contributed by atoms with Gasteiger partial charge in [-0.2, -0.15) is 4.31 Å². The summed E-state index contributed by atoms with van der Waals surface area (Å²) in [5, 5.41) is 0. The van der Waals surface area contributed by atoms with Gasteiger partial charge >= 0.3 is 0 Å². The van der Waals surface area contributed by atoms with Gasteiger partial charge in [-0.1, -0.05) is 6.42 Å². The third kappa shape index (κ3) is 3.01. The van der Waals surface area contributed by atoms with Gasteiger partial charge in [0.2, 0.25) is 10.0 Å². The smallest absolute Gasteiger partial charge is 0.244 e. The zero-order valence-corrected chi connectivity index (χ0v) is 13.3. The summed E-state index contributed by atoms with van der Waals surface area (Å²) in [6.45, 7) is 4.91. The third-order valence-electron chi connectivity index (χ3n) is 3.91. The molecule has 0 spiro atoms. The van der Waals surface area contributed by atoms with Gasteiger partial charge in [0.05, 0.1) is 10.9 Å². The lowest BCUT2D eigenvalue weighted by Gasteiger charge is -2.33. The second-order valence-electron chi connectivity index (χ2n) is 5.61. The second kappa shape index (κ2) is 5.85. The number of hydrogen-bond acceptors (Lipinski definition) is 3. The fourth-order valence-corrected chi connectivity index (χ4v) is 5.14. The van der Waals surface area contributed by atoms with Crippen LogP contribution in [0.25, 0.3) is 0 Å². The van der Waals surface area contributed by atoms with E-state index in [4.69, 9.17) is 0 Å². The Morgan fingerprint density at radius 1 is 1.24 bits per heavy atom. The minimum absolute atomic E-state index is 0.122. The fourth-order valence-electron chi connectivity index (χ4n) is 3.02. The van der Waals surface area contributed by atoms with Gasteiger partial charge in [-0.15, -0.1) is 0 Å². The normalized spacial score (nSPS) is 20.5. The van der Waals surface area contributed by atoms with E-state index in [0.717, 1.165) is 12.8 Å². The maximum atomic E-state index is 13.4. The predicted octanol–water partition coefficient (Wildman–Crippen LogP) is 2.57. The number of carbonyl (C=O) groups is 1. The van der Waals surface area contributed by atoms with Gasteiger partial charge in [0.15, 0.2) is 0 Å². The zero-order chi connectivity index (χ0) is 15.8. The Balaban J connectivity index is 2.53. The predicted molar refractivity (Wildman–Crippen MR) is 78.1 cm³/mol. The molecule has 1 aliphatic rings. The first kappa shape index (κ1) is 16.1. The Morgan fingerprint density at radius 3 is 2.33 bits per heavy atom. The van der Waals surface area contributed by atoms with Gasteiger partial charge in [-0.05, 0) is 56.9 Å². The average molecular weight is 313 g/mol. The Morgan fingerprint density at radius 2 is 1.81 bits per heavy atom. The van der Waals surface area contributed by atoms with E-state index >= 15 is 0 Å². The molecule has 0 amide bonds. The molecule has 2 rings (SSSR count). The van der Waals surface area contributed by atoms with E-state index in [1.807, 2.05) is 0 Å². The first-order valence-corrected chi connectivity index (χ1v) is 8.48. The van der Waals surface area contributed by atoms with Crippen LogP contribution in [0.5, 0.6) is 0 Å². The molecule has 21 heavy (non-hydrogen) atoms. The number of rotatable bonds is 3. The largest absolute Gasteiger partial charge is 0.298 e. The van der Waals surface area contributed by atoms with Crippen LogP contribution < -0.4 is 0 Å². The van der Waals surface area contributed by atoms with Crippen molar-refractivity contribution >= 4 is 15.8 Å². The van der Waals surface area contributed by atoms with Crippen LogP contribution in [0.15, 0.2) is 17.0 Å². The number of aryl methyl sites for hydroxylation is 2. The highest BCUT2D eigenvalue weighted by molar-refractivity contribution is 7.89. The molecule has 1 fully saturated rings. The van der Waals surface area contributed by atoms with E-state index in [1.165, 1.54) is 23.4 Å². The van der Waals surface area contributed by atoms with Crippen molar-refractivity contribution in [2.75, 3.05) is 6.54 Å². The molecule has 1 aromatic rings. The fraction of sp³-hybridized carbons (Fsp3) is 0.533. The van der Waals surface area contributed by atoms with E-state index in [1.54, 1.807) is 13.8 Å². The summed E-state index contributed by atoms with van der Waals surface area (Å²) in [4.78, 5) is 11.9. The molecule has 1 aromatic carbocycles. The Kier molecular flexibility index (Phi) is 4.49. The summed E-state index contributed by atoms with van der Waals surface area (Å²) >= 11 is 0. The van der Waals surface area contributed by atoms with E-state index in [0.29, 0.717) is 24.1 Å². The number of ketones is 1. The quantitative estimate of drug-likeness (QED) is 0.862. The van der Waals surface area contributed by atoms with E-state index < -0.39 is 21.9 Å². The van der Waals surface area contributed by atoms with Crippen molar-refractivity contribution in [3.8, 4) is 0 Å². The van der Waals surface area contributed by atoms with Crippen LogP contribution in [0.4, 0.5) is 4.39 Å². The molecule has 0 bridgehead atoms. The molecule has 0 aromatic heterocycles. The summed E-state index contributed by atoms with van der Waals surface area (Å²) in [5.41, 5.74) is 0.751. The summed E-state index contributed by atoms with van der Waals surface area (Å²) in [6, 6.07) is 1.83. The van der Waals surface area contributed by atoms with Crippen LogP contribution in [0.2, 0.25) is 0 Å². The molecule has 0 N–H and O–H groups in total. The minimum Gasteiger partial charge on any atom is -0.298 e. The first-order chi connectivity index (χ1) is 9.75. The van der Waals surface area contributed by atoms with Gasteiger partial charge in [0.1, 0.15) is 11.6 Å². The Hall–Kier alpha value is -1.27. The highest BCUT2D eigenvalue weighted by Crippen LogP contribution is 2.30. The topological polar surface area (TPSA) is 54.5 Å². The van der Waals surface area contributed by atoms with Crippen LogP contribution in [0, 0.1) is 19.7 Å². The molecule has 4 nitrogen and oxygen atoms in total. The highest BCUT2D eigenvalue weighted by atomic mass is 32.2. The molecule has 1 unspecified atom stereocenters. The van der Waals surface area contributed by atoms with Crippen molar-refractivity contribution in [3.05, 3.63) is 29.1 Å². The molecule has 1 saturated heterocycles. The number of halogens is 1. The monoisotopic (exact) mass is 313 g/mol. The number of sulfonamides is 1. The summed E-state index contributed by atoms with van der Waals surface area (Å²) in [7, 11) is -3.79. The van der Waals surface area contributed by atoms with Crippen LogP contribution >= 0.6 is 0 Å². The number of piperidine rings is 1. The molecule has 0 radical (unpaired) electrons. The number of hydrogen-bond donors (Lipinski definition) is 0. The lowest BCUT2D eigenvalue weighted by Crippen LogP contribution is -2.47. The van der Waals surface area contributed by atoms with Crippen LogP contribution in [0.1, 0.15) is 37.3 Å². The van der Waals surface area contributed by atoms with Crippen LogP contribution in [-0.4, -0.2) is 31.1 Å². The van der Waals surface area contributed by atoms with Gasteiger partial charge < -0.3 is 0 Å². The van der Waals surface area contributed by atoms with E-state index in [9.17, 15) is 17.6 Å². The molecular weight excluding hydrogens is 293 g/mol. The van der Waals surface area contributed by atoms with Crippen molar-refractivity contribution in [3.63, 3.8) is 0 Å². The van der Waals surface area contributed by atoms with E-state index in [2.05, 4.69) is 0 Å². The molecule has 1 atom stereocenters. The van der Waals surface area contributed by atoms with Crippen LogP contribution in [-0.2, 0) is 14.8 Å². The molecule has 0 saturated carbocycles. The molecule has 1 aliphatic heterocycles. The van der Waals surface area contributed by atoms with Gasteiger partial charge in [0.25, 0.3) is 0 Å². The minimum atomic E-state index is -3.79. The molecule has 1 heterocycles. The van der Waals surface area contributed by atoms with Gasteiger partial charge in [0, 0.05) is 6.54 Å². The summed E-state index contributed by atoms with van der Waals surface area (Å²) in [5.74, 6) is -0.596. The van der Waals surface area contributed by atoms with Crippen molar-refractivity contribution in [2.45, 2.75) is 51.0 Å². The average Bonchev–Trinajstić information content (AvgIpc) is 2.37. The van der Waals surface area contributed by atoms with Gasteiger partial charge in [-0.3, -0.25) is 4.79 Å². The van der Waals surface area contributed by atoms with Crippen molar-refractivity contribution in [1.29, 1.82) is 0 Å². The number of carbonyl (C=O) groups excluding carboxylic acids is 1. The summed E-state index contributed by atoms with van der Waals surface area (Å²) < 4.78 is 40.5. The maximum absolute atomic E-state index is 13.4. The maximum Gasteiger partial charge on any atom is 0.244 e. The van der Waals surface area contributed by atoms with Crippen molar-refractivity contribution < 1.29 is 17.6 Å². The highest BCUT2D eigenvalue weighted by Gasteiger charge is 2.37. The first-order valence-electron chi connectivity index (χ1n) is 7.04. The third-order valence-corrected chi connectivity index (χ3v) is 6.13. The molecule has 116 valence electrons. The van der Waals surface area contributed by atoms with E-state index in [-0.39, 0.29) is 10.7 Å². The Labute approximate surface area is 125 Å². The Bertz CT molecular complexity index is 646. The zero-order valence-electron chi connectivity index (χ0n) is 12.5. The van der Waals surface area contributed by atoms with Crippen molar-refractivity contribution in [2.24, 2.45) is 0 Å². The standard InChI is InChI=1S/C15H20FNO3S/c1-10-8-13(16)9-11(2)15(10)21(19,20)17-7-5-4-6-14(17)12(3)18/h8-9,14H,4-7H2,1-3H3. The summed E-state index contributed by atoms with van der Waals surface area (Å²) in [6.07, 6.45) is 2.13. The molecule has 0 aliphatic carbocycles. The molecular formula is C15H20FNO3S.